The lowest BCUT2D eigenvalue weighted by atomic mass is 9.94. The van der Waals surface area contributed by atoms with Crippen molar-refractivity contribution in [2.75, 3.05) is 39.5 Å². The average Bonchev–Trinajstić information content (AvgIpc) is 3.79. The average molecular weight is 783 g/mol. The second kappa shape index (κ2) is 16.0. The van der Waals surface area contributed by atoms with E-state index in [1.54, 1.807) is 6.07 Å². The number of carbonyl (C=O) groups is 1. The Kier molecular flexibility index (Phi) is 10.9. The molecule has 2 aliphatic heterocycles. The molecule has 1 fully saturated rings. The number of nitrogens with zero attached hydrogens (tertiary/aromatic N) is 6. The Morgan fingerprint density at radius 1 is 0.964 bits per heavy atom. The van der Waals surface area contributed by atoms with Gasteiger partial charge in [0.15, 0.2) is 0 Å². The first-order valence-electron chi connectivity index (χ1n) is 19.4. The molecule has 0 saturated carbocycles. The Morgan fingerprint density at radius 3 is 2.59 bits per heavy atom. The number of aromatic nitrogens is 5. The molecule has 0 aliphatic carbocycles. The van der Waals surface area contributed by atoms with Crippen molar-refractivity contribution < 1.29 is 28.5 Å². The van der Waals surface area contributed by atoms with Crippen LogP contribution in [0.4, 0.5) is 4.39 Å². The lowest BCUT2D eigenvalue weighted by Crippen LogP contribution is -2.36. The van der Waals surface area contributed by atoms with Gasteiger partial charge in [0.05, 0.1) is 37.8 Å². The van der Waals surface area contributed by atoms with Crippen molar-refractivity contribution in [2.24, 2.45) is 14.1 Å². The zero-order chi connectivity index (χ0) is 39.1. The van der Waals surface area contributed by atoms with E-state index in [2.05, 4.69) is 11.0 Å². The SMILES string of the molecule is Cc1c(C(=O)O)n2c3ccc(Cl)c(c13)-c1c(nn(C)c1C)C(CCCN1CCOCC1)OCc1cc(n(C)n1)CCc1cc(c3ccc(F)cc3c1)OCCC2. The van der Waals surface area contributed by atoms with E-state index in [9.17, 15) is 14.3 Å². The molecule has 3 aromatic heterocycles. The number of benzene rings is 3. The highest BCUT2D eigenvalue weighted by atomic mass is 35.5. The lowest BCUT2D eigenvalue weighted by Gasteiger charge is -2.27. The van der Waals surface area contributed by atoms with Crippen molar-refractivity contribution in [3.05, 3.63) is 99.0 Å². The number of halogens is 2. The van der Waals surface area contributed by atoms with Crippen LogP contribution in [0.25, 0.3) is 32.8 Å². The standard InChI is InChI=1S/C43H48ClFN6O5/c1-26-38-35-13-12-34(44)40(38)39-27(2)48(3)47-41(39)36(7-5-14-50-16-19-54-20-17-50)56-25-31-24-32(49(4)46-31)10-8-28-21-29-23-30(45)9-11-33(29)37(22-28)55-18-6-15-51(35)42(26)43(52)53/h9,11-13,21-24,36H,5-8,10,14-20,25H2,1-4H3,(H,52,53). The van der Waals surface area contributed by atoms with Gasteiger partial charge >= 0.3 is 5.97 Å². The molecule has 2 aliphatic rings. The number of hydrogen-bond acceptors (Lipinski definition) is 7. The summed E-state index contributed by atoms with van der Waals surface area (Å²) in [6.07, 6.45) is 3.13. The molecule has 5 heterocycles. The number of rotatable bonds is 5. The summed E-state index contributed by atoms with van der Waals surface area (Å²) < 4.78 is 38.9. The zero-order valence-corrected chi connectivity index (χ0v) is 33.2. The lowest BCUT2D eigenvalue weighted by molar-refractivity contribution is 0.0168. The molecule has 8 rings (SSSR count). The molecular weight excluding hydrogens is 735 g/mol. The highest BCUT2D eigenvalue weighted by Crippen LogP contribution is 2.45. The van der Waals surface area contributed by atoms with Gasteiger partial charge in [-0.25, -0.2) is 9.18 Å². The molecule has 0 radical (unpaired) electrons. The van der Waals surface area contributed by atoms with Crippen molar-refractivity contribution in [1.29, 1.82) is 0 Å². The third-order valence-corrected chi connectivity index (χ3v) is 11.8. The van der Waals surface area contributed by atoms with Gasteiger partial charge in [-0.05, 0) is 111 Å². The summed E-state index contributed by atoms with van der Waals surface area (Å²) in [5.41, 5.74) is 7.78. The normalized spacial score (nSPS) is 17.2. The number of aromatic carboxylic acids is 1. The Bertz CT molecular complexity index is 2430. The van der Waals surface area contributed by atoms with E-state index >= 15 is 0 Å². The summed E-state index contributed by atoms with van der Waals surface area (Å²) >= 11 is 7.17. The Hall–Kier alpha value is -4.75. The van der Waals surface area contributed by atoms with Gasteiger partial charge in [-0.1, -0.05) is 17.7 Å². The fraction of sp³-hybridized carbons (Fsp3) is 0.419. The summed E-state index contributed by atoms with van der Waals surface area (Å²) in [6.45, 7) is 9.06. The molecular formula is C43H48ClFN6O5. The molecule has 3 aromatic carbocycles. The molecule has 8 bridgehead atoms. The van der Waals surface area contributed by atoms with Crippen LogP contribution in [0.5, 0.6) is 5.75 Å². The number of carboxylic acids is 1. The van der Waals surface area contributed by atoms with Crippen LogP contribution in [0.15, 0.2) is 48.5 Å². The van der Waals surface area contributed by atoms with Gasteiger partial charge in [0, 0.05) is 77.6 Å². The second-order valence-corrected chi connectivity index (χ2v) is 15.4. The van der Waals surface area contributed by atoms with Crippen LogP contribution in [-0.4, -0.2) is 79.6 Å². The maximum atomic E-state index is 14.4. The van der Waals surface area contributed by atoms with E-state index in [4.69, 9.17) is 36.0 Å². The van der Waals surface area contributed by atoms with E-state index in [1.165, 1.54) is 12.1 Å². The third-order valence-electron chi connectivity index (χ3n) is 11.4. The molecule has 294 valence electrons. The predicted molar refractivity (Wildman–Crippen MR) is 214 cm³/mol. The van der Waals surface area contributed by atoms with Crippen LogP contribution in [0.3, 0.4) is 0 Å². The van der Waals surface area contributed by atoms with E-state index in [1.807, 2.05) is 66.1 Å². The first kappa shape index (κ1) is 38.1. The Labute approximate surface area is 330 Å². The van der Waals surface area contributed by atoms with Crippen LogP contribution in [-0.2, 0) is 49.6 Å². The number of carboxylic acid groups (broad SMARTS) is 1. The molecule has 0 amide bonds. The largest absolute Gasteiger partial charge is 0.493 e. The first-order valence-corrected chi connectivity index (χ1v) is 19.8. The van der Waals surface area contributed by atoms with E-state index in [0.29, 0.717) is 55.2 Å². The summed E-state index contributed by atoms with van der Waals surface area (Å²) in [4.78, 5) is 15.4. The fourth-order valence-electron chi connectivity index (χ4n) is 8.52. The highest BCUT2D eigenvalue weighted by molar-refractivity contribution is 6.35. The van der Waals surface area contributed by atoms with Gasteiger partial charge < -0.3 is 23.9 Å². The smallest absolute Gasteiger partial charge is 0.352 e. The quantitative estimate of drug-likeness (QED) is 0.188. The van der Waals surface area contributed by atoms with Crippen LogP contribution < -0.4 is 4.74 Å². The van der Waals surface area contributed by atoms with Crippen LogP contribution in [0.2, 0.25) is 5.02 Å². The highest BCUT2D eigenvalue weighted by Gasteiger charge is 2.30. The first-order chi connectivity index (χ1) is 27.1. The fourth-order valence-corrected chi connectivity index (χ4v) is 8.78. The number of morpholine rings is 1. The minimum atomic E-state index is -1.01. The maximum Gasteiger partial charge on any atom is 0.352 e. The predicted octanol–water partition coefficient (Wildman–Crippen LogP) is 7.97. The van der Waals surface area contributed by atoms with E-state index in [0.717, 1.165) is 100 Å². The van der Waals surface area contributed by atoms with Crippen molar-refractivity contribution in [3.63, 3.8) is 0 Å². The van der Waals surface area contributed by atoms with Gasteiger partial charge in [-0.3, -0.25) is 14.3 Å². The van der Waals surface area contributed by atoms with Gasteiger partial charge in [-0.15, -0.1) is 0 Å². The second-order valence-electron chi connectivity index (χ2n) is 15.0. The molecule has 13 heteroatoms. The van der Waals surface area contributed by atoms with Crippen molar-refractivity contribution >= 4 is 39.2 Å². The topological polar surface area (TPSA) is 109 Å². The molecule has 1 atom stereocenters. The molecule has 1 unspecified atom stereocenters. The van der Waals surface area contributed by atoms with Crippen molar-refractivity contribution in [2.45, 2.75) is 65.2 Å². The number of fused-ring (bicyclic) bond motifs is 8. The minimum Gasteiger partial charge on any atom is -0.493 e. The molecule has 1 saturated heterocycles. The van der Waals surface area contributed by atoms with Crippen LogP contribution in [0.1, 0.15) is 69.8 Å². The molecule has 11 nitrogen and oxygen atoms in total. The third kappa shape index (κ3) is 7.43. The van der Waals surface area contributed by atoms with Crippen LogP contribution in [0, 0.1) is 19.7 Å². The summed E-state index contributed by atoms with van der Waals surface area (Å²) in [6, 6.07) is 14.6. The van der Waals surface area contributed by atoms with Gasteiger partial charge in [0.2, 0.25) is 0 Å². The van der Waals surface area contributed by atoms with Crippen molar-refractivity contribution in [1.82, 2.24) is 29.0 Å². The molecule has 6 aromatic rings. The summed E-state index contributed by atoms with van der Waals surface area (Å²) in [5, 5.41) is 23.4. The molecule has 1 N–H and O–H groups in total. The Balaban J connectivity index is 1.25. The van der Waals surface area contributed by atoms with E-state index < -0.39 is 12.1 Å². The van der Waals surface area contributed by atoms with Crippen LogP contribution >= 0.6 is 11.6 Å². The monoisotopic (exact) mass is 782 g/mol. The number of hydrogen-bond donors (Lipinski definition) is 1. The molecule has 0 spiro atoms. The van der Waals surface area contributed by atoms with E-state index in [-0.39, 0.29) is 18.1 Å². The van der Waals surface area contributed by atoms with Crippen molar-refractivity contribution in [3.8, 4) is 16.9 Å². The number of aryl methyl sites for hydroxylation is 6. The summed E-state index contributed by atoms with van der Waals surface area (Å²) in [7, 11) is 3.87. The van der Waals surface area contributed by atoms with Gasteiger partial charge in [0.1, 0.15) is 23.4 Å². The zero-order valence-electron chi connectivity index (χ0n) is 32.4. The summed E-state index contributed by atoms with van der Waals surface area (Å²) in [5.74, 6) is -0.654. The minimum absolute atomic E-state index is 0.209. The Morgan fingerprint density at radius 2 is 1.79 bits per heavy atom. The van der Waals surface area contributed by atoms with Gasteiger partial charge in [0.25, 0.3) is 0 Å². The maximum absolute atomic E-state index is 14.4. The molecule has 56 heavy (non-hydrogen) atoms. The number of ether oxygens (including phenoxy) is 3. The van der Waals surface area contributed by atoms with Gasteiger partial charge in [-0.2, -0.15) is 10.2 Å².